The van der Waals surface area contributed by atoms with Gasteiger partial charge in [0, 0.05) is 55.2 Å². The molecular weight excluding hydrogens is 443 g/mol. The first-order valence-corrected chi connectivity index (χ1v) is 11.8. The van der Waals surface area contributed by atoms with E-state index in [0.717, 1.165) is 48.2 Å². The van der Waals surface area contributed by atoms with Gasteiger partial charge >= 0.3 is 0 Å². The van der Waals surface area contributed by atoms with Crippen LogP contribution < -0.4 is 4.90 Å². The largest absolute Gasteiger partial charge is 0.370 e. The number of nitriles is 1. The summed E-state index contributed by atoms with van der Waals surface area (Å²) < 4.78 is 15.3. The van der Waals surface area contributed by atoms with Crippen LogP contribution in [-0.4, -0.2) is 72.7 Å². The summed E-state index contributed by atoms with van der Waals surface area (Å²) >= 11 is 0. The maximum absolute atomic E-state index is 15.3. The lowest BCUT2D eigenvalue weighted by Crippen LogP contribution is -2.59. The summed E-state index contributed by atoms with van der Waals surface area (Å²) in [5.74, 6) is -0.373. The number of carbonyl (C=O) groups is 1. The highest BCUT2D eigenvalue weighted by atomic mass is 19.1. The first-order chi connectivity index (χ1) is 16.8. The predicted molar refractivity (Wildman–Crippen MR) is 134 cm³/mol. The predicted octanol–water partition coefficient (Wildman–Crippen LogP) is 3.71. The number of hydrogen-bond acceptors (Lipinski definition) is 5. The standard InChI is InChI=1S/C27H29FN6O/c1-18-6-8-22-20(14-30-31-22)25(18)26-19(13-29)23(9-7-21(26)28)33-12-10-27(15-33)16-34(17-27)24(35)5-4-11-32(2)3/h4-9,14H,10-12,15-17H2,1-3H3,(H,30,31)/b5-4+. The summed E-state index contributed by atoms with van der Waals surface area (Å²) in [6, 6.07) is 9.30. The van der Waals surface area contributed by atoms with E-state index < -0.39 is 5.82 Å². The highest BCUT2D eigenvalue weighted by Crippen LogP contribution is 2.44. The number of carbonyl (C=O) groups excluding carboxylic acids is 1. The Hall–Kier alpha value is -3.70. The number of amides is 1. The van der Waals surface area contributed by atoms with E-state index >= 15 is 4.39 Å². The zero-order chi connectivity index (χ0) is 24.7. The van der Waals surface area contributed by atoms with Crippen molar-refractivity contribution in [1.82, 2.24) is 20.0 Å². The number of halogens is 1. The molecule has 2 aliphatic rings. The van der Waals surface area contributed by atoms with Crippen LogP contribution in [-0.2, 0) is 4.79 Å². The van der Waals surface area contributed by atoms with Crippen LogP contribution in [0.15, 0.2) is 42.6 Å². The highest BCUT2D eigenvalue weighted by molar-refractivity contribution is 5.99. The molecule has 0 unspecified atom stereocenters. The van der Waals surface area contributed by atoms with Gasteiger partial charge in [0.05, 0.1) is 23.0 Å². The molecule has 5 rings (SSSR count). The van der Waals surface area contributed by atoms with Crippen LogP contribution >= 0.6 is 0 Å². The number of benzene rings is 2. The molecule has 1 N–H and O–H groups in total. The Morgan fingerprint density at radius 2 is 2.06 bits per heavy atom. The Kier molecular flexibility index (Phi) is 5.81. The maximum atomic E-state index is 15.3. The van der Waals surface area contributed by atoms with Gasteiger partial charge in [-0.15, -0.1) is 0 Å². The fourth-order valence-electron chi connectivity index (χ4n) is 5.43. The molecule has 2 aromatic carbocycles. The number of nitrogens with one attached hydrogen (secondary N) is 1. The van der Waals surface area contributed by atoms with E-state index in [9.17, 15) is 10.1 Å². The van der Waals surface area contributed by atoms with Crippen molar-refractivity contribution in [2.75, 3.05) is 51.7 Å². The van der Waals surface area contributed by atoms with E-state index in [1.165, 1.54) is 6.07 Å². The normalized spacial score (nSPS) is 17.0. The van der Waals surface area contributed by atoms with E-state index in [4.69, 9.17) is 0 Å². The molecule has 1 spiro atoms. The number of rotatable bonds is 5. The van der Waals surface area contributed by atoms with Gasteiger partial charge in [-0.25, -0.2) is 4.39 Å². The van der Waals surface area contributed by atoms with Crippen LogP contribution in [0.5, 0.6) is 0 Å². The summed E-state index contributed by atoms with van der Waals surface area (Å²) in [5, 5.41) is 18.0. The first-order valence-electron chi connectivity index (χ1n) is 11.8. The molecule has 0 atom stereocenters. The topological polar surface area (TPSA) is 79.3 Å². The van der Waals surface area contributed by atoms with Crippen LogP contribution in [0.25, 0.3) is 22.0 Å². The minimum absolute atomic E-state index is 0.0206. The summed E-state index contributed by atoms with van der Waals surface area (Å²) in [4.78, 5) is 18.5. The average Bonchev–Trinajstić information content (AvgIpc) is 3.45. The van der Waals surface area contributed by atoms with Crippen LogP contribution in [0.1, 0.15) is 17.5 Å². The number of hydrogen-bond donors (Lipinski definition) is 1. The van der Waals surface area contributed by atoms with E-state index in [1.54, 1.807) is 18.3 Å². The van der Waals surface area contributed by atoms with E-state index in [2.05, 4.69) is 21.2 Å². The number of likely N-dealkylation sites (N-methyl/N-ethyl adjacent to an activating group) is 1. The number of aryl methyl sites for hydroxylation is 1. The van der Waals surface area contributed by atoms with Crippen LogP contribution in [0.4, 0.5) is 10.1 Å². The number of H-pyrrole nitrogens is 1. The van der Waals surface area contributed by atoms with Gasteiger partial charge < -0.3 is 14.7 Å². The molecule has 0 radical (unpaired) electrons. The second-order valence-corrected chi connectivity index (χ2v) is 10.0. The second-order valence-electron chi connectivity index (χ2n) is 10.0. The molecule has 35 heavy (non-hydrogen) atoms. The molecule has 7 nitrogen and oxygen atoms in total. The molecule has 1 aromatic heterocycles. The maximum Gasteiger partial charge on any atom is 0.246 e. The second kappa shape index (κ2) is 8.82. The van der Waals surface area contributed by atoms with Crippen molar-refractivity contribution >= 4 is 22.5 Å². The Morgan fingerprint density at radius 3 is 2.80 bits per heavy atom. The molecule has 8 heteroatoms. The molecule has 180 valence electrons. The van der Waals surface area contributed by atoms with E-state index in [0.29, 0.717) is 29.8 Å². The highest BCUT2D eigenvalue weighted by Gasteiger charge is 2.49. The minimum Gasteiger partial charge on any atom is -0.370 e. The SMILES string of the molecule is Cc1ccc2[nH]ncc2c1-c1c(F)ccc(N2CCC3(CN(C(=O)/C=C/CN(C)C)C3)C2)c1C#N. The summed E-state index contributed by atoms with van der Waals surface area (Å²) in [6.45, 7) is 5.58. The third-order valence-corrected chi connectivity index (χ3v) is 7.20. The molecule has 0 aliphatic carbocycles. The van der Waals surface area contributed by atoms with E-state index in [-0.39, 0.29) is 11.3 Å². The van der Waals surface area contributed by atoms with Gasteiger partial charge in [0.2, 0.25) is 5.91 Å². The van der Waals surface area contributed by atoms with Crippen LogP contribution in [0.3, 0.4) is 0 Å². The third kappa shape index (κ3) is 4.06. The Bertz CT molecular complexity index is 1360. The lowest BCUT2D eigenvalue weighted by molar-refractivity contribution is -0.136. The van der Waals surface area contributed by atoms with Gasteiger partial charge in [-0.2, -0.15) is 10.4 Å². The Labute approximate surface area is 204 Å². The molecule has 3 aromatic rings. The zero-order valence-corrected chi connectivity index (χ0v) is 20.3. The number of anilines is 1. The van der Waals surface area contributed by atoms with Gasteiger partial charge in [0.1, 0.15) is 11.9 Å². The average molecular weight is 473 g/mol. The smallest absolute Gasteiger partial charge is 0.246 e. The third-order valence-electron chi connectivity index (χ3n) is 7.20. The minimum atomic E-state index is -0.416. The molecule has 2 saturated heterocycles. The Balaban J connectivity index is 1.41. The first kappa shape index (κ1) is 23.1. The van der Waals surface area contributed by atoms with Gasteiger partial charge in [-0.1, -0.05) is 12.1 Å². The lowest BCUT2D eigenvalue weighted by atomic mass is 9.79. The quantitative estimate of drug-likeness (QED) is 0.573. The van der Waals surface area contributed by atoms with Crippen LogP contribution in [0, 0.1) is 29.5 Å². The van der Waals surface area contributed by atoms with Crippen molar-refractivity contribution in [1.29, 1.82) is 5.26 Å². The summed E-state index contributed by atoms with van der Waals surface area (Å²) in [7, 11) is 3.93. The molecule has 0 saturated carbocycles. The number of fused-ring (bicyclic) bond motifs is 1. The van der Waals surface area contributed by atoms with Gasteiger partial charge in [0.15, 0.2) is 0 Å². The van der Waals surface area contributed by atoms with E-state index in [1.807, 2.05) is 49.0 Å². The van der Waals surface area contributed by atoms with Gasteiger partial charge in [0.25, 0.3) is 0 Å². The van der Waals surface area contributed by atoms with Crippen molar-refractivity contribution < 1.29 is 9.18 Å². The molecular formula is C27H29FN6O. The molecule has 2 fully saturated rings. The van der Waals surface area contributed by atoms with Crippen molar-refractivity contribution in [2.24, 2.45) is 5.41 Å². The van der Waals surface area contributed by atoms with Gasteiger partial charge in [-0.05, 0) is 56.8 Å². The Morgan fingerprint density at radius 1 is 1.26 bits per heavy atom. The zero-order valence-electron chi connectivity index (χ0n) is 20.3. The van der Waals surface area contributed by atoms with Crippen molar-refractivity contribution in [3.8, 4) is 17.2 Å². The number of aromatic amines is 1. The van der Waals surface area contributed by atoms with Crippen LogP contribution in [0.2, 0.25) is 0 Å². The summed E-state index contributed by atoms with van der Waals surface area (Å²) in [6.07, 6.45) is 6.16. The molecule has 1 amide bonds. The van der Waals surface area contributed by atoms with Crippen molar-refractivity contribution in [3.05, 3.63) is 59.6 Å². The summed E-state index contributed by atoms with van der Waals surface area (Å²) in [5.41, 5.74) is 3.83. The molecule has 0 bridgehead atoms. The number of aromatic nitrogens is 2. The number of likely N-dealkylation sites (tertiary alicyclic amines) is 1. The molecule has 3 heterocycles. The number of nitrogens with zero attached hydrogens (tertiary/aromatic N) is 5. The lowest BCUT2D eigenvalue weighted by Gasteiger charge is -2.47. The van der Waals surface area contributed by atoms with Crippen molar-refractivity contribution in [2.45, 2.75) is 13.3 Å². The van der Waals surface area contributed by atoms with Gasteiger partial charge in [-0.3, -0.25) is 9.89 Å². The monoisotopic (exact) mass is 472 g/mol. The fourth-order valence-corrected chi connectivity index (χ4v) is 5.43. The molecule has 2 aliphatic heterocycles. The van der Waals surface area contributed by atoms with Crippen molar-refractivity contribution in [3.63, 3.8) is 0 Å². The fraction of sp³-hybridized carbons (Fsp3) is 0.370.